The van der Waals surface area contributed by atoms with Crippen molar-refractivity contribution in [1.29, 1.82) is 5.26 Å². The number of halogens is 1. The Labute approximate surface area is 207 Å². The average Bonchev–Trinajstić information content (AvgIpc) is 3.52. The summed E-state index contributed by atoms with van der Waals surface area (Å²) in [5, 5.41) is 10.1. The Hall–Kier alpha value is -4.03. The maximum Gasteiger partial charge on any atom is 0.269 e. The van der Waals surface area contributed by atoms with Crippen LogP contribution in [-0.2, 0) is 10.0 Å². The third kappa shape index (κ3) is 3.57. The van der Waals surface area contributed by atoms with Crippen molar-refractivity contribution in [2.45, 2.75) is 36.6 Å². The lowest BCUT2D eigenvalue weighted by Gasteiger charge is -2.28. The molecule has 1 aliphatic rings. The van der Waals surface area contributed by atoms with Gasteiger partial charge in [-0.05, 0) is 68.1 Å². The maximum absolute atomic E-state index is 13.7. The van der Waals surface area contributed by atoms with E-state index in [1.54, 1.807) is 54.7 Å². The second-order valence-electron chi connectivity index (χ2n) is 9.11. The van der Waals surface area contributed by atoms with E-state index in [1.165, 1.54) is 22.3 Å². The van der Waals surface area contributed by atoms with Gasteiger partial charge in [-0.1, -0.05) is 18.2 Å². The van der Waals surface area contributed by atoms with Crippen LogP contribution in [-0.4, -0.2) is 26.9 Å². The monoisotopic (exact) mass is 499 g/mol. The maximum atomic E-state index is 13.7. The minimum Gasteiger partial charge on any atom is -0.320 e. The number of fused-ring (bicyclic) bond motifs is 3. The number of rotatable bonds is 4. The molecular weight excluding hydrogens is 477 g/mol. The van der Waals surface area contributed by atoms with Gasteiger partial charge in [0.2, 0.25) is 0 Å². The highest BCUT2D eigenvalue weighted by Gasteiger charge is 2.29. The average molecular weight is 500 g/mol. The van der Waals surface area contributed by atoms with Crippen molar-refractivity contribution in [3.8, 4) is 17.5 Å². The molecule has 1 saturated carbocycles. The molecule has 36 heavy (non-hydrogen) atoms. The Kier molecular flexibility index (Phi) is 5.34. The van der Waals surface area contributed by atoms with Gasteiger partial charge >= 0.3 is 0 Å². The Morgan fingerprint density at radius 3 is 2.39 bits per heavy atom. The quantitative estimate of drug-likeness (QED) is 0.317. The van der Waals surface area contributed by atoms with Crippen LogP contribution in [0.3, 0.4) is 0 Å². The number of nitriles is 1. The molecule has 0 spiro atoms. The van der Waals surface area contributed by atoms with E-state index in [0.717, 1.165) is 36.8 Å². The first-order valence-corrected chi connectivity index (χ1v) is 13.3. The number of imidazole rings is 1. The van der Waals surface area contributed by atoms with Gasteiger partial charge in [-0.15, -0.1) is 0 Å². The van der Waals surface area contributed by atoms with Gasteiger partial charge in [0.15, 0.2) is 5.65 Å². The number of hydrogen-bond acceptors (Lipinski definition) is 5. The molecule has 0 radical (unpaired) electrons. The summed E-state index contributed by atoms with van der Waals surface area (Å²) >= 11 is 0. The number of nitrogens with zero attached hydrogens (tertiary/aromatic N) is 5. The predicted molar refractivity (Wildman–Crippen MR) is 134 cm³/mol. The Bertz CT molecular complexity index is 1730. The molecular formula is C27H22FN5O2S. The third-order valence-corrected chi connectivity index (χ3v) is 8.66. The van der Waals surface area contributed by atoms with E-state index >= 15 is 0 Å². The lowest BCUT2D eigenvalue weighted by atomic mass is 9.86. The smallest absolute Gasteiger partial charge is 0.269 e. The molecule has 3 aromatic heterocycles. The van der Waals surface area contributed by atoms with Crippen LogP contribution < -0.4 is 0 Å². The van der Waals surface area contributed by atoms with Crippen LogP contribution in [0, 0.1) is 23.1 Å². The summed E-state index contributed by atoms with van der Waals surface area (Å²) < 4.78 is 43.8. The molecule has 0 atom stereocenters. The van der Waals surface area contributed by atoms with Crippen LogP contribution in [0.15, 0.2) is 78.0 Å². The molecule has 0 aliphatic heterocycles. The molecule has 1 fully saturated rings. The van der Waals surface area contributed by atoms with Crippen LogP contribution >= 0.6 is 0 Å². The number of aromatic nitrogens is 4. The summed E-state index contributed by atoms with van der Waals surface area (Å²) in [7, 11) is -3.84. The molecule has 3 heterocycles. The SMILES string of the molecule is N#CC1CCC(n2c(-c3ccc(F)cc3)nc3cnc4c(ccn4S(=O)(=O)c4ccccc4)c32)CC1. The van der Waals surface area contributed by atoms with Crippen molar-refractivity contribution in [2.75, 3.05) is 0 Å². The second-order valence-corrected chi connectivity index (χ2v) is 10.9. The molecule has 9 heteroatoms. The van der Waals surface area contributed by atoms with Crippen LogP contribution in [0.2, 0.25) is 0 Å². The number of hydrogen-bond donors (Lipinski definition) is 0. The topological polar surface area (TPSA) is 93.6 Å². The second kappa shape index (κ2) is 8.57. The third-order valence-electron chi connectivity index (χ3n) is 6.98. The molecule has 1 aliphatic carbocycles. The van der Waals surface area contributed by atoms with Crippen molar-refractivity contribution < 1.29 is 12.8 Å². The fourth-order valence-electron chi connectivity index (χ4n) is 5.17. The first-order valence-electron chi connectivity index (χ1n) is 11.8. The van der Waals surface area contributed by atoms with Gasteiger partial charge < -0.3 is 4.57 Å². The molecule has 2 aromatic carbocycles. The van der Waals surface area contributed by atoms with Crippen molar-refractivity contribution in [3.63, 3.8) is 0 Å². The van der Waals surface area contributed by atoms with Gasteiger partial charge in [-0.3, -0.25) is 0 Å². The lowest BCUT2D eigenvalue weighted by Crippen LogP contribution is -2.18. The molecule has 0 N–H and O–H groups in total. The van der Waals surface area contributed by atoms with Gasteiger partial charge in [-0.25, -0.2) is 26.7 Å². The van der Waals surface area contributed by atoms with Gasteiger partial charge in [0.1, 0.15) is 17.2 Å². The summed E-state index contributed by atoms with van der Waals surface area (Å²) in [5.74, 6) is 0.380. The molecule has 7 nitrogen and oxygen atoms in total. The molecule has 0 bridgehead atoms. The Morgan fingerprint density at radius 1 is 0.972 bits per heavy atom. The zero-order valence-corrected chi connectivity index (χ0v) is 20.1. The van der Waals surface area contributed by atoms with Gasteiger partial charge in [0.05, 0.1) is 22.7 Å². The number of benzene rings is 2. The molecule has 6 rings (SSSR count). The summed E-state index contributed by atoms with van der Waals surface area (Å²) in [4.78, 5) is 9.54. The molecule has 0 unspecified atom stereocenters. The highest BCUT2D eigenvalue weighted by atomic mass is 32.2. The van der Waals surface area contributed by atoms with E-state index in [-0.39, 0.29) is 22.7 Å². The van der Waals surface area contributed by atoms with Crippen LogP contribution in [0.4, 0.5) is 4.39 Å². The highest BCUT2D eigenvalue weighted by Crippen LogP contribution is 2.40. The number of pyridine rings is 1. The van der Waals surface area contributed by atoms with Crippen LogP contribution in [0.5, 0.6) is 0 Å². The standard InChI is InChI=1S/C27H22FN5O2S/c28-20-10-8-19(9-11-20)26-31-24-17-30-27-23(25(24)33(26)21-12-6-18(16-29)7-13-21)14-15-32(27)36(34,35)22-4-2-1-3-5-22/h1-5,8-11,14-15,17-18,21H,6-7,12-13H2. The van der Waals surface area contributed by atoms with Crippen LogP contribution in [0.25, 0.3) is 33.5 Å². The van der Waals surface area contributed by atoms with E-state index in [0.29, 0.717) is 22.4 Å². The highest BCUT2D eigenvalue weighted by molar-refractivity contribution is 7.90. The summed E-state index contributed by atoms with van der Waals surface area (Å²) in [5.41, 5.74) is 2.52. The lowest BCUT2D eigenvalue weighted by molar-refractivity contribution is 0.320. The minimum absolute atomic E-state index is 0.0316. The Balaban J connectivity index is 1.59. The van der Waals surface area contributed by atoms with E-state index in [1.807, 2.05) is 0 Å². The molecule has 180 valence electrons. The van der Waals surface area contributed by atoms with Crippen LogP contribution in [0.1, 0.15) is 31.7 Å². The van der Waals surface area contributed by atoms with E-state index in [9.17, 15) is 18.1 Å². The molecule has 0 amide bonds. The molecule has 5 aromatic rings. The largest absolute Gasteiger partial charge is 0.320 e. The normalized spacial score (nSPS) is 18.4. The molecule has 0 saturated heterocycles. The Morgan fingerprint density at radius 2 is 1.69 bits per heavy atom. The zero-order chi connectivity index (χ0) is 24.9. The minimum atomic E-state index is -3.84. The van der Waals surface area contributed by atoms with Gasteiger partial charge in [-0.2, -0.15) is 5.26 Å². The fraction of sp³-hybridized carbons (Fsp3) is 0.222. The van der Waals surface area contributed by atoms with Gasteiger partial charge in [0, 0.05) is 29.1 Å². The van der Waals surface area contributed by atoms with Crippen molar-refractivity contribution in [3.05, 3.63) is 78.9 Å². The van der Waals surface area contributed by atoms with Crippen molar-refractivity contribution in [1.82, 2.24) is 18.5 Å². The first-order chi connectivity index (χ1) is 17.5. The van der Waals surface area contributed by atoms with Gasteiger partial charge in [0.25, 0.3) is 10.0 Å². The van der Waals surface area contributed by atoms with E-state index in [2.05, 4.69) is 15.6 Å². The zero-order valence-electron chi connectivity index (χ0n) is 19.3. The van der Waals surface area contributed by atoms with E-state index in [4.69, 9.17) is 4.98 Å². The van der Waals surface area contributed by atoms with Crippen molar-refractivity contribution >= 4 is 32.1 Å². The summed E-state index contributed by atoms with van der Waals surface area (Å²) in [6.07, 6.45) is 6.28. The summed E-state index contributed by atoms with van der Waals surface area (Å²) in [6, 6.07) is 18.7. The first kappa shape index (κ1) is 22.4. The predicted octanol–water partition coefficient (Wildman–Crippen LogP) is 5.68. The van der Waals surface area contributed by atoms with E-state index < -0.39 is 10.0 Å². The summed E-state index contributed by atoms with van der Waals surface area (Å²) in [6.45, 7) is 0. The van der Waals surface area contributed by atoms with Crippen molar-refractivity contribution in [2.24, 2.45) is 5.92 Å². The fourth-order valence-corrected chi connectivity index (χ4v) is 6.49.